The predicted molar refractivity (Wildman–Crippen MR) is 74.8 cm³/mol. The maximum atomic E-state index is 14.0. The average molecular weight is 261 g/mol. The maximum Gasteiger partial charge on any atom is 0.129 e. The highest BCUT2D eigenvalue weighted by Crippen LogP contribution is 2.19. The number of aromatic nitrogens is 2. The Balaban J connectivity index is 2.29. The van der Waals surface area contributed by atoms with Crippen LogP contribution in [0.3, 0.4) is 0 Å². The summed E-state index contributed by atoms with van der Waals surface area (Å²) in [4.78, 5) is 4.19. The van der Waals surface area contributed by atoms with E-state index in [-0.39, 0.29) is 5.82 Å². The van der Waals surface area contributed by atoms with E-state index in [1.165, 1.54) is 6.07 Å². The summed E-state index contributed by atoms with van der Waals surface area (Å²) in [6, 6.07) is 5.16. The lowest BCUT2D eigenvalue weighted by Gasteiger charge is -2.14. The largest absolute Gasteiger partial charge is 0.312 e. The number of imidazole rings is 1. The number of halogens is 1. The molecule has 0 saturated carbocycles. The second-order valence-corrected chi connectivity index (χ2v) is 5.11. The molecule has 1 aromatic carbocycles. The Morgan fingerprint density at radius 2 is 2.16 bits per heavy atom. The van der Waals surface area contributed by atoms with Gasteiger partial charge in [0.25, 0.3) is 0 Å². The number of nitrogens with zero attached hydrogens (tertiary/aromatic N) is 2. The minimum absolute atomic E-state index is 0.179. The van der Waals surface area contributed by atoms with Gasteiger partial charge in [0.2, 0.25) is 0 Å². The standard InChI is InChI=1S/C15H20FN3/c1-11(2)9-17-10-13-14(16)5-4-6-15(13)19-8-7-18-12(19)3/h4-8,11,17H,9-10H2,1-3H3. The molecule has 0 amide bonds. The van der Waals surface area contributed by atoms with Gasteiger partial charge in [0.15, 0.2) is 0 Å². The van der Waals surface area contributed by atoms with Gasteiger partial charge in [0.1, 0.15) is 11.6 Å². The molecule has 0 bridgehead atoms. The topological polar surface area (TPSA) is 29.9 Å². The van der Waals surface area contributed by atoms with E-state index in [0.717, 1.165) is 18.1 Å². The third kappa shape index (κ3) is 3.20. The van der Waals surface area contributed by atoms with Crippen molar-refractivity contribution < 1.29 is 4.39 Å². The summed E-state index contributed by atoms with van der Waals surface area (Å²) in [6.07, 6.45) is 3.58. The van der Waals surface area contributed by atoms with Gasteiger partial charge in [0.05, 0.1) is 5.69 Å². The number of hydrogen-bond donors (Lipinski definition) is 1. The zero-order valence-electron chi connectivity index (χ0n) is 11.7. The molecule has 0 fully saturated rings. The van der Waals surface area contributed by atoms with Crippen LogP contribution < -0.4 is 5.32 Å². The van der Waals surface area contributed by atoms with Gasteiger partial charge in [-0.15, -0.1) is 0 Å². The molecule has 1 aromatic heterocycles. The molecule has 1 N–H and O–H groups in total. The van der Waals surface area contributed by atoms with E-state index in [2.05, 4.69) is 24.1 Å². The zero-order chi connectivity index (χ0) is 13.8. The SMILES string of the molecule is Cc1nccn1-c1cccc(F)c1CNCC(C)C. The Morgan fingerprint density at radius 3 is 2.79 bits per heavy atom. The van der Waals surface area contributed by atoms with E-state index in [1.807, 2.05) is 23.8 Å². The molecular formula is C15H20FN3. The van der Waals surface area contributed by atoms with Gasteiger partial charge in [-0.05, 0) is 31.5 Å². The van der Waals surface area contributed by atoms with Crippen LogP contribution in [0, 0.1) is 18.7 Å². The van der Waals surface area contributed by atoms with Crippen LogP contribution in [0.5, 0.6) is 0 Å². The summed E-state index contributed by atoms with van der Waals surface area (Å²) in [5.41, 5.74) is 1.54. The molecule has 0 aliphatic carbocycles. The van der Waals surface area contributed by atoms with Crippen LogP contribution in [0.25, 0.3) is 5.69 Å². The first-order valence-corrected chi connectivity index (χ1v) is 6.58. The fraction of sp³-hybridized carbons (Fsp3) is 0.400. The van der Waals surface area contributed by atoms with Crippen molar-refractivity contribution in [2.75, 3.05) is 6.54 Å². The Bertz CT molecular complexity index is 546. The quantitative estimate of drug-likeness (QED) is 0.896. The smallest absolute Gasteiger partial charge is 0.129 e. The lowest BCUT2D eigenvalue weighted by atomic mass is 10.1. The molecule has 0 aliphatic heterocycles. The second-order valence-electron chi connectivity index (χ2n) is 5.11. The van der Waals surface area contributed by atoms with Crippen molar-refractivity contribution in [1.29, 1.82) is 0 Å². The number of hydrogen-bond acceptors (Lipinski definition) is 2. The van der Waals surface area contributed by atoms with Gasteiger partial charge >= 0.3 is 0 Å². The summed E-state index contributed by atoms with van der Waals surface area (Å²) in [5, 5.41) is 3.29. The minimum atomic E-state index is -0.179. The van der Waals surface area contributed by atoms with Crippen molar-refractivity contribution in [3.05, 3.63) is 47.8 Å². The first-order chi connectivity index (χ1) is 9.09. The van der Waals surface area contributed by atoms with Crippen molar-refractivity contribution in [3.63, 3.8) is 0 Å². The maximum absolute atomic E-state index is 14.0. The highest BCUT2D eigenvalue weighted by Gasteiger charge is 2.11. The van der Waals surface area contributed by atoms with Gasteiger partial charge in [0, 0.05) is 24.5 Å². The Labute approximate surface area is 113 Å². The molecule has 0 saturated heterocycles. The summed E-state index contributed by atoms with van der Waals surface area (Å²) < 4.78 is 15.9. The second kappa shape index (κ2) is 5.97. The third-order valence-electron chi connectivity index (χ3n) is 3.03. The van der Waals surface area contributed by atoms with E-state index in [4.69, 9.17) is 0 Å². The van der Waals surface area contributed by atoms with Gasteiger partial charge in [-0.1, -0.05) is 19.9 Å². The normalized spacial score (nSPS) is 11.2. The average Bonchev–Trinajstić information content (AvgIpc) is 2.77. The summed E-state index contributed by atoms with van der Waals surface area (Å²) in [7, 11) is 0. The lowest BCUT2D eigenvalue weighted by Crippen LogP contribution is -2.21. The van der Waals surface area contributed by atoms with Crippen molar-refractivity contribution in [2.45, 2.75) is 27.3 Å². The zero-order valence-corrected chi connectivity index (χ0v) is 11.7. The van der Waals surface area contributed by atoms with Crippen LogP contribution in [0.4, 0.5) is 4.39 Å². The Hall–Kier alpha value is -1.68. The minimum Gasteiger partial charge on any atom is -0.312 e. The third-order valence-corrected chi connectivity index (χ3v) is 3.03. The highest BCUT2D eigenvalue weighted by molar-refractivity contribution is 5.42. The van der Waals surface area contributed by atoms with Gasteiger partial charge < -0.3 is 9.88 Å². The number of nitrogens with one attached hydrogen (secondary N) is 1. The molecule has 4 heteroatoms. The van der Waals surface area contributed by atoms with Gasteiger partial charge in [-0.25, -0.2) is 9.37 Å². The molecule has 2 rings (SSSR count). The molecule has 3 nitrogen and oxygen atoms in total. The summed E-state index contributed by atoms with van der Waals surface area (Å²) in [6.45, 7) is 7.58. The Morgan fingerprint density at radius 1 is 1.37 bits per heavy atom. The van der Waals surface area contributed by atoms with Gasteiger partial charge in [-0.3, -0.25) is 0 Å². The first-order valence-electron chi connectivity index (χ1n) is 6.58. The van der Waals surface area contributed by atoms with E-state index >= 15 is 0 Å². The Kier molecular flexibility index (Phi) is 4.32. The van der Waals surface area contributed by atoms with Crippen LogP contribution in [0.2, 0.25) is 0 Å². The summed E-state index contributed by atoms with van der Waals surface area (Å²) in [5.74, 6) is 1.22. The predicted octanol–water partition coefficient (Wildman–Crippen LogP) is 3.07. The summed E-state index contributed by atoms with van der Waals surface area (Å²) >= 11 is 0. The number of benzene rings is 1. The van der Waals surface area contributed by atoms with Crippen LogP contribution in [0.1, 0.15) is 25.2 Å². The number of aryl methyl sites for hydroxylation is 1. The van der Waals surface area contributed by atoms with Gasteiger partial charge in [-0.2, -0.15) is 0 Å². The van der Waals surface area contributed by atoms with Crippen LogP contribution in [-0.2, 0) is 6.54 Å². The van der Waals surface area contributed by atoms with E-state index in [9.17, 15) is 4.39 Å². The molecule has 2 aromatic rings. The molecule has 102 valence electrons. The fourth-order valence-corrected chi connectivity index (χ4v) is 2.07. The molecule has 19 heavy (non-hydrogen) atoms. The van der Waals surface area contributed by atoms with Crippen molar-refractivity contribution in [3.8, 4) is 5.69 Å². The van der Waals surface area contributed by atoms with E-state index in [0.29, 0.717) is 18.0 Å². The van der Waals surface area contributed by atoms with Crippen molar-refractivity contribution in [1.82, 2.24) is 14.9 Å². The molecule has 0 unspecified atom stereocenters. The van der Waals surface area contributed by atoms with Crippen molar-refractivity contribution in [2.24, 2.45) is 5.92 Å². The fourth-order valence-electron chi connectivity index (χ4n) is 2.07. The van der Waals surface area contributed by atoms with Crippen LogP contribution in [0.15, 0.2) is 30.6 Å². The van der Waals surface area contributed by atoms with Crippen LogP contribution >= 0.6 is 0 Å². The molecule has 0 aliphatic rings. The molecule has 0 spiro atoms. The highest BCUT2D eigenvalue weighted by atomic mass is 19.1. The first kappa shape index (κ1) is 13.7. The molecule has 1 heterocycles. The monoisotopic (exact) mass is 261 g/mol. The van der Waals surface area contributed by atoms with E-state index < -0.39 is 0 Å². The number of rotatable bonds is 5. The van der Waals surface area contributed by atoms with Crippen molar-refractivity contribution >= 4 is 0 Å². The van der Waals surface area contributed by atoms with Crippen LogP contribution in [-0.4, -0.2) is 16.1 Å². The molecule has 0 radical (unpaired) electrons. The molecule has 0 atom stereocenters. The lowest BCUT2D eigenvalue weighted by molar-refractivity contribution is 0.533. The molecular weight excluding hydrogens is 241 g/mol. The van der Waals surface area contributed by atoms with E-state index in [1.54, 1.807) is 12.3 Å².